The van der Waals surface area contributed by atoms with E-state index < -0.39 is 36.4 Å². The molecule has 322 valence electrons. The standard InChI is InChI=1S/C44H65FN4O9/c1-43(2,3)58-42(53)47-35(26-45)29-8-10-30(11-9-29)40(51)49-20-18-34(28-12-15-33(54-6)16-13-28)38(49)39(50)46-32-14-17-36-31(24-32)25-37(57-36)41(52)56-22-7-19-48-21-23-55-27-44(48,4)5/h14,17,24-25,28-30,33-35,38H,7-13,15-16,18-23,26-27H2,1-6H3,(H,46,50)(H,47,53)/t28-,29-,30-,33-,34-,35+,38-/m0/s1. The molecule has 3 amide bonds. The Balaban J connectivity index is 1.09. The zero-order chi connectivity index (χ0) is 41.6. The van der Waals surface area contributed by atoms with Gasteiger partial charge < -0.3 is 38.9 Å². The third kappa shape index (κ3) is 10.9. The van der Waals surface area contributed by atoms with Gasteiger partial charge in [-0.3, -0.25) is 14.5 Å². The molecule has 3 atom stereocenters. The number of rotatable bonds is 13. The number of hydrogen-bond donors (Lipinski definition) is 2. The topological polar surface area (TPSA) is 149 Å². The number of furan rings is 1. The SMILES string of the molecule is CO[C@H]1CC[C@H]([C@@H]2CCN(C(=O)[C@H]3CC[C@H]([C@@H](CF)NC(=O)OC(C)(C)C)CC3)[C@@H]2C(=O)Nc2ccc3oc(C(=O)OCCCN4CCOCC4(C)C)cc3c2)CC1. The van der Waals surface area contributed by atoms with Crippen molar-refractivity contribution < 1.29 is 46.9 Å². The first-order valence-corrected chi connectivity index (χ1v) is 21.4. The molecular weight excluding hydrogens is 748 g/mol. The third-order valence-electron chi connectivity index (χ3n) is 12.8. The van der Waals surface area contributed by atoms with Gasteiger partial charge in [0.25, 0.3) is 0 Å². The number of fused-ring (bicyclic) bond motifs is 1. The molecule has 1 aromatic heterocycles. The molecule has 58 heavy (non-hydrogen) atoms. The highest BCUT2D eigenvalue weighted by molar-refractivity contribution is 6.00. The molecule has 2 aromatic rings. The van der Waals surface area contributed by atoms with Crippen LogP contribution in [0.2, 0.25) is 0 Å². The molecule has 0 unspecified atom stereocenters. The number of amides is 3. The molecule has 13 nitrogen and oxygen atoms in total. The lowest BCUT2D eigenvalue weighted by Gasteiger charge is -2.42. The fraction of sp³-hybridized carbons (Fsp3) is 0.727. The van der Waals surface area contributed by atoms with Crippen LogP contribution in [-0.2, 0) is 28.5 Å². The van der Waals surface area contributed by atoms with Gasteiger partial charge in [0.15, 0.2) is 0 Å². The fourth-order valence-electron chi connectivity index (χ4n) is 9.62. The highest BCUT2D eigenvalue weighted by Gasteiger charge is 2.47. The third-order valence-corrected chi connectivity index (χ3v) is 12.8. The summed E-state index contributed by atoms with van der Waals surface area (Å²) in [5.41, 5.74) is 0.290. The number of carbonyl (C=O) groups is 4. The van der Waals surface area contributed by atoms with Crippen molar-refractivity contribution in [1.82, 2.24) is 15.1 Å². The highest BCUT2D eigenvalue weighted by Crippen LogP contribution is 2.42. The second-order valence-corrected chi connectivity index (χ2v) is 18.4. The number of methoxy groups -OCH3 is 1. The number of alkyl halides is 1. The Morgan fingerprint density at radius 1 is 0.983 bits per heavy atom. The maximum absolute atomic E-state index is 14.4. The summed E-state index contributed by atoms with van der Waals surface area (Å²) < 4.78 is 42.1. The molecule has 4 aliphatic rings. The molecule has 3 heterocycles. The van der Waals surface area contributed by atoms with Crippen LogP contribution in [0.3, 0.4) is 0 Å². The number of likely N-dealkylation sites (tertiary alicyclic amines) is 1. The quantitative estimate of drug-likeness (QED) is 0.158. The van der Waals surface area contributed by atoms with Crippen molar-refractivity contribution in [2.75, 3.05) is 58.6 Å². The number of anilines is 1. The largest absolute Gasteiger partial charge is 0.460 e. The summed E-state index contributed by atoms with van der Waals surface area (Å²) in [5.74, 6) is -0.834. The molecule has 1 aromatic carbocycles. The number of halogens is 1. The molecule has 2 aliphatic carbocycles. The number of hydrogen-bond acceptors (Lipinski definition) is 10. The van der Waals surface area contributed by atoms with Gasteiger partial charge in [-0.15, -0.1) is 0 Å². The van der Waals surface area contributed by atoms with Crippen molar-refractivity contribution >= 4 is 40.5 Å². The molecule has 14 heteroatoms. The van der Waals surface area contributed by atoms with Crippen molar-refractivity contribution in [1.29, 1.82) is 0 Å². The Morgan fingerprint density at radius 3 is 2.40 bits per heavy atom. The van der Waals surface area contributed by atoms with Crippen LogP contribution in [0.15, 0.2) is 28.7 Å². The van der Waals surface area contributed by atoms with Gasteiger partial charge in [-0.1, -0.05) is 0 Å². The van der Waals surface area contributed by atoms with E-state index in [2.05, 4.69) is 29.4 Å². The van der Waals surface area contributed by atoms with Crippen molar-refractivity contribution in [3.8, 4) is 0 Å². The van der Waals surface area contributed by atoms with E-state index in [1.807, 2.05) is 0 Å². The number of benzene rings is 1. The van der Waals surface area contributed by atoms with Crippen molar-refractivity contribution in [3.63, 3.8) is 0 Å². The number of nitrogens with one attached hydrogen (secondary N) is 2. The summed E-state index contributed by atoms with van der Waals surface area (Å²) in [4.78, 5) is 58.2. The summed E-state index contributed by atoms with van der Waals surface area (Å²) in [6.45, 7) is 12.6. The van der Waals surface area contributed by atoms with Crippen LogP contribution in [0.25, 0.3) is 11.0 Å². The second kappa shape index (κ2) is 19.1. The molecule has 4 fully saturated rings. The second-order valence-electron chi connectivity index (χ2n) is 18.4. The van der Waals surface area contributed by atoms with Crippen LogP contribution in [0.1, 0.15) is 109 Å². The monoisotopic (exact) mass is 812 g/mol. The van der Waals surface area contributed by atoms with Gasteiger partial charge in [-0.2, -0.15) is 0 Å². The maximum atomic E-state index is 14.4. The van der Waals surface area contributed by atoms with Gasteiger partial charge in [0.1, 0.15) is 23.9 Å². The maximum Gasteiger partial charge on any atom is 0.407 e. The summed E-state index contributed by atoms with van der Waals surface area (Å²) in [5, 5.41) is 6.46. The summed E-state index contributed by atoms with van der Waals surface area (Å²) in [6.07, 6.45) is 6.98. The number of ether oxygens (including phenoxy) is 4. The Labute approximate surface area is 342 Å². The fourth-order valence-corrected chi connectivity index (χ4v) is 9.62. The van der Waals surface area contributed by atoms with Crippen molar-refractivity contribution in [3.05, 3.63) is 30.0 Å². The van der Waals surface area contributed by atoms with Gasteiger partial charge in [0.05, 0.1) is 32.0 Å². The molecule has 0 bridgehead atoms. The summed E-state index contributed by atoms with van der Waals surface area (Å²) in [7, 11) is 1.74. The Kier molecular flexibility index (Phi) is 14.4. The number of nitrogens with zero attached hydrogens (tertiary/aromatic N) is 2. The van der Waals surface area contributed by atoms with E-state index in [0.717, 1.165) is 45.2 Å². The van der Waals surface area contributed by atoms with E-state index in [-0.39, 0.29) is 59.5 Å². The Bertz CT molecular complexity index is 1730. The van der Waals surface area contributed by atoms with Crippen LogP contribution in [0.5, 0.6) is 0 Å². The lowest BCUT2D eigenvalue weighted by molar-refractivity contribution is -0.142. The number of alkyl carbamates (subject to hydrolysis) is 1. The minimum Gasteiger partial charge on any atom is -0.460 e. The lowest BCUT2D eigenvalue weighted by atomic mass is 9.75. The molecular formula is C44H65FN4O9. The molecule has 0 spiro atoms. The molecule has 2 saturated carbocycles. The van der Waals surface area contributed by atoms with Crippen LogP contribution >= 0.6 is 0 Å². The van der Waals surface area contributed by atoms with E-state index in [1.54, 1.807) is 57.0 Å². The average Bonchev–Trinajstić information content (AvgIpc) is 3.83. The zero-order valence-corrected chi connectivity index (χ0v) is 35.3. The van der Waals surface area contributed by atoms with Crippen LogP contribution in [-0.4, -0.2) is 116 Å². The van der Waals surface area contributed by atoms with Crippen molar-refractivity contribution in [2.24, 2.45) is 23.7 Å². The van der Waals surface area contributed by atoms with E-state index >= 15 is 0 Å². The van der Waals surface area contributed by atoms with Gasteiger partial charge in [-0.25, -0.2) is 14.0 Å². The summed E-state index contributed by atoms with van der Waals surface area (Å²) in [6, 6.07) is 5.56. The molecule has 2 aliphatic heterocycles. The Morgan fingerprint density at radius 2 is 1.72 bits per heavy atom. The minimum absolute atomic E-state index is 0.000361. The average molecular weight is 813 g/mol. The first-order chi connectivity index (χ1) is 27.7. The minimum atomic E-state index is -0.714. The first-order valence-electron chi connectivity index (χ1n) is 21.4. The number of morpholine rings is 1. The molecule has 2 saturated heterocycles. The normalized spacial score (nSPS) is 27.2. The predicted octanol–water partition coefficient (Wildman–Crippen LogP) is 7.12. The van der Waals surface area contributed by atoms with Gasteiger partial charge in [-0.05, 0) is 141 Å². The van der Waals surface area contributed by atoms with E-state index in [9.17, 15) is 23.6 Å². The van der Waals surface area contributed by atoms with Crippen LogP contribution in [0.4, 0.5) is 14.9 Å². The van der Waals surface area contributed by atoms with Gasteiger partial charge in [0.2, 0.25) is 17.6 Å². The first kappa shape index (κ1) is 43.8. The smallest absolute Gasteiger partial charge is 0.407 e. The van der Waals surface area contributed by atoms with Crippen LogP contribution in [0, 0.1) is 23.7 Å². The van der Waals surface area contributed by atoms with E-state index in [4.69, 9.17) is 23.4 Å². The molecule has 0 radical (unpaired) electrons. The zero-order valence-electron chi connectivity index (χ0n) is 35.3. The lowest BCUT2D eigenvalue weighted by Crippen LogP contribution is -2.53. The highest BCUT2D eigenvalue weighted by atomic mass is 19.1. The van der Waals surface area contributed by atoms with E-state index in [0.29, 0.717) is 68.5 Å². The van der Waals surface area contributed by atoms with Crippen molar-refractivity contribution in [2.45, 2.75) is 128 Å². The Hall–Kier alpha value is -3.75. The predicted molar refractivity (Wildman–Crippen MR) is 217 cm³/mol. The molecule has 6 rings (SSSR count). The molecule has 2 N–H and O–H groups in total. The number of carbonyl (C=O) groups excluding carboxylic acids is 4. The number of esters is 1. The van der Waals surface area contributed by atoms with Gasteiger partial charge in [0, 0.05) is 49.3 Å². The van der Waals surface area contributed by atoms with E-state index in [1.165, 1.54) is 0 Å². The van der Waals surface area contributed by atoms with Gasteiger partial charge >= 0.3 is 12.1 Å². The van der Waals surface area contributed by atoms with Crippen LogP contribution < -0.4 is 10.6 Å². The summed E-state index contributed by atoms with van der Waals surface area (Å²) >= 11 is 0.